The quantitative estimate of drug-likeness (QED) is 0.0211. The van der Waals surface area contributed by atoms with E-state index in [-0.39, 0.29) is 26.1 Å². The van der Waals surface area contributed by atoms with Crippen molar-refractivity contribution in [3.8, 4) is 0 Å². The Morgan fingerprint density at radius 1 is 0.410 bits per heavy atom. The fourth-order valence-electron chi connectivity index (χ4n) is 7.77. The maximum atomic E-state index is 12.8. The summed E-state index contributed by atoms with van der Waals surface area (Å²) in [5.74, 6) is -0.951. The molecule has 0 aromatic carbocycles. The average Bonchev–Trinajstić information content (AvgIpc) is 3.41. The van der Waals surface area contributed by atoms with Crippen LogP contribution in [0.4, 0.5) is 0 Å². The van der Waals surface area contributed by atoms with E-state index in [0.29, 0.717) is 23.9 Å². The molecule has 0 aliphatic carbocycles. The highest BCUT2D eigenvalue weighted by Gasteiger charge is 2.27. The Balaban J connectivity index is 4.06. The molecule has 0 saturated heterocycles. The van der Waals surface area contributed by atoms with Gasteiger partial charge in [-0.25, -0.2) is 4.57 Å². The van der Waals surface area contributed by atoms with Crippen LogP contribution in [0.2, 0.25) is 0 Å². The van der Waals surface area contributed by atoms with Gasteiger partial charge in [-0.1, -0.05) is 256 Å². The van der Waals surface area contributed by atoms with Crippen LogP contribution in [0.5, 0.6) is 0 Å². The highest BCUT2D eigenvalue weighted by Crippen LogP contribution is 2.43. The number of unbranched alkanes of at least 4 members (excludes halogenated alkanes) is 17. The van der Waals surface area contributed by atoms with E-state index in [2.05, 4.69) is 141 Å². The van der Waals surface area contributed by atoms with Crippen LogP contribution in [-0.2, 0) is 32.7 Å². The zero-order chi connectivity index (χ0) is 57.0. The minimum atomic E-state index is -4.41. The van der Waals surface area contributed by atoms with E-state index in [4.69, 9.17) is 18.5 Å². The third-order valence-corrected chi connectivity index (χ3v) is 13.4. The molecule has 0 aromatic rings. The summed E-state index contributed by atoms with van der Waals surface area (Å²) in [6.45, 7) is 4.07. The molecular weight excluding hydrogens is 990 g/mol. The van der Waals surface area contributed by atoms with Crippen molar-refractivity contribution in [3.05, 3.63) is 146 Å². The molecule has 10 heteroatoms. The van der Waals surface area contributed by atoms with Crippen LogP contribution in [0.3, 0.4) is 0 Å². The van der Waals surface area contributed by atoms with Gasteiger partial charge in [-0.15, -0.1) is 0 Å². The van der Waals surface area contributed by atoms with E-state index in [1.165, 1.54) is 89.9 Å². The van der Waals surface area contributed by atoms with Crippen molar-refractivity contribution in [1.82, 2.24) is 0 Å². The number of hydrogen-bond acceptors (Lipinski definition) is 7. The second-order valence-electron chi connectivity index (χ2n) is 21.0. The maximum absolute atomic E-state index is 12.8. The molecule has 2 atom stereocenters. The van der Waals surface area contributed by atoms with Crippen LogP contribution < -0.4 is 0 Å². The zero-order valence-corrected chi connectivity index (χ0v) is 51.0. The smallest absolute Gasteiger partial charge is 0.461 e. The largest absolute Gasteiger partial charge is 0.472 e. The van der Waals surface area contributed by atoms with Crippen LogP contribution in [0.25, 0.3) is 0 Å². The zero-order valence-electron chi connectivity index (χ0n) is 50.1. The Labute approximate surface area is 478 Å². The highest BCUT2D eigenvalue weighted by molar-refractivity contribution is 7.47. The minimum absolute atomic E-state index is 0.0122. The van der Waals surface area contributed by atoms with Crippen LogP contribution in [0.15, 0.2) is 146 Å². The van der Waals surface area contributed by atoms with Crippen LogP contribution in [-0.4, -0.2) is 74.9 Å². The summed E-state index contributed by atoms with van der Waals surface area (Å²) in [7, 11) is 1.42. The molecule has 78 heavy (non-hydrogen) atoms. The van der Waals surface area contributed by atoms with Gasteiger partial charge in [0.25, 0.3) is 0 Å². The van der Waals surface area contributed by atoms with Gasteiger partial charge in [0.2, 0.25) is 0 Å². The van der Waals surface area contributed by atoms with Gasteiger partial charge in [0.1, 0.15) is 19.8 Å². The molecule has 442 valence electrons. The normalized spacial score (nSPS) is 14.3. The first kappa shape index (κ1) is 73.9. The summed E-state index contributed by atoms with van der Waals surface area (Å²) in [6.07, 6.45) is 85.5. The van der Waals surface area contributed by atoms with Crippen LogP contribution in [0.1, 0.15) is 219 Å². The first-order valence-electron chi connectivity index (χ1n) is 30.6. The molecule has 0 fully saturated rings. The molecule has 1 N–H and O–H groups in total. The summed E-state index contributed by atoms with van der Waals surface area (Å²) in [6, 6.07) is 0. The molecule has 0 aliphatic rings. The molecule has 0 aliphatic heterocycles. The number of phosphoric acid groups is 1. The summed E-state index contributed by atoms with van der Waals surface area (Å²) in [5, 5.41) is 0. The topological polar surface area (TPSA) is 108 Å². The van der Waals surface area contributed by atoms with Crippen molar-refractivity contribution in [2.45, 2.75) is 225 Å². The van der Waals surface area contributed by atoms with E-state index in [1.807, 2.05) is 33.3 Å². The fourth-order valence-corrected chi connectivity index (χ4v) is 8.52. The number of nitrogens with zero attached hydrogens (tertiary/aromatic N) is 1. The molecule has 0 amide bonds. The summed E-state index contributed by atoms with van der Waals surface area (Å²) >= 11 is 0. The van der Waals surface area contributed by atoms with Gasteiger partial charge in [-0.2, -0.15) is 0 Å². The van der Waals surface area contributed by atoms with Gasteiger partial charge < -0.3 is 18.9 Å². The lowest BCUT2D eigenvalue weighted by Crippen LogP contribution is -2.37. The Bertz CT molecular complexity index is 1820. The standard InChI is InChI=1S/C68H112NO8P/c1-6-8-10-12-14-16-18-20-22-23-24-25-26-27-28-29-30-31-32-33-34-35-36-37-38-39-40-41-42-43-44-45-47-49-51-53-55-57-59-61-68(71)77-66(65-76-78(72,73)75-63-62-69(3,4)5)64-74-67(70)60-58-56-54-52-50-48-46-21-19-17-15-13-11-9-7-2/h8-11,14-17,20-22,24-25,27-28,30-31,33-34,46,50,52,56,58,66H,6-7,12-13,18-19,23,26,29,32,35-45,47-49,51,53-55,57,59-65H2,1-5H3/p+1/b10-8-,11-9-,16-14-,17-15-,22-20-,25-24-,28-27-,31-30-,34-33-,46-21-,52-50-,58-56-. The van der Waals surface area contributed by atoms with E-state index in [9.17, 15) is 19.0 Å². The highest BCUT2D eigenvalue weighted by atomic mass is 31.2. The number of carbonyl (C=O) groups is 2. The first-order chi connectivity index (χ1) is 38.0. The van der Waals surface area contributed by atoms with Crippen molar-refractivity contribution >= 4 is 19.8 Å². The number of carbonyl (C=O) groups excluding carboxylic acids is 2. The number of quaternary nitrogens is 1. The molecular formula is C68H113NO8P+. The second-order valence-corrected chi connectivity index (χ2v) is 22.4. The molecule has 0 saturated carbocycles. The number of rotatable bonds is 54. The lowest BCUT2D eigenvalue weighted by atomic mass is 10.0. The van der Waals surface area contributed by atoms with Crippen molar-refractivity contribution in [1.29, 1.82) is 0 Å². The van der Waals surface area contributed by atoms with Crippen LogP contribution in [0, 0.1) is 0 Å². The monoisotopic (exact) mass is 1100 g/mol. The maximum Gasteiger partial charge on any atom is 0.472 e. The third kappa shape index (κ3) is 61.1. The molecule has 0 rings (SSSR count). The molecule has 0 radical (unpaired) electrons. The van der Waals surface area contributed by atoms with E-state index in [1.54, 1.807) is 6.08 Å². The fraction of sp³-hybridized carbons (Fsp3) is 0.618. The first-order valence-corrected chi connectivity index (χ1v) is 32.1. The SMILES string of the molecule is CC/C=C\C/C=C\C/C=C\C/C=C\C/C=C\C/C=C\C/C=C\CCCCCCCCCCCCCCCCCCCC(=O)OC(COC(=O)C/C=C\C/C=C\C/C=C\C/C=C\C/C=C\CC)COP(=O)(O)OCC[N+](C)(C)C. The second kappa shape index (κ2) is 57.6. The Morgan fingerprint density at radius 3 is 1.09 bits per heavy atom. The lowest BCUT2D eigenvalue weighted by Gasteiger charge is -2.24. The van der Waals surface area contributed by atoms with E-state index < -0.39 is 32.5 Å². The van der Waals surface area contributed by atoms with Gasteiger partial charge >= 0.3 is 19.8 Å². The van der Waals surface area contributed by atoms with Crippen molar-refractivity contribution in [3.63, 3.8) is 0 Å². The average molecular weight is 1100 g/mol. The molecule has 0 spiro atoms. The predicted octanol–water partition coefficient (Wildman–Crippen LogP) is 19.5. The number of allylic oxidation sites excluding steroid dienone is 23. The Hall–Kier alpha value is -4.11. The number of hydrogen-bond donors (Lipinski definition) is 1. The van der Waals surface area contributed by atoms with Crippen molar-refractivity contribution in [2.75, 3.05) is 47.5 Å². The van der Waals surface area contributed by atoms with Crippen molar-refractivity contribution < 1.29 is 42.1 Å². The van der Waals surface area contributed by atoms with Crippen LogP contribution >= 0.6 is 7.82 Å². The van der Waals surface area contributed by atoms with Crippen molar-refractivity contribution in [2.24, 2.45) is 0 Å². The van der Waals surface area contributed by atoms with Gasteiger partial charge in [-0.05, 0) is 96.3 Å². The predicted molar refractivity (Wildman–Crippen MR) is 334 cm³/mol. The van der Waals surface area contributed by atoms with Gasteiger partial charge in [0.05, 0.1) is 34.2 Å². The van der Waals surface area contributed by atoms with Gasteiger partial charge in [-0.3, -0.25) is 18.6 Å². The number of phosphoric ester groups is 1. The molecule has 2 unspecified atom stereocenters. The van der Waals surface area contributed by atoms with E-state index in [0.717, 1.165) is 89.9 Å². The van der Waals surface area contributed by atoms with Gasteiger partial charge in [0, 0.05) is 6.42 Å². The minimum Gasteiger partial charge on any atom is -0.461 e. The molecule has 9 nitrogen and oxygen atoms in total. The lowest BCUT2D eigenvalue weighted by molar-refractivity contribution is -0.870. The summed E-state index contributed by atoms with van der Waals surface area (Å²) in [4.78, 5) is 35.6. The number of likely N-dealkylation sites (N-methyl/N-ethyl adjacent to an activating group) is 1. The molecule has 0 heterocycles. The van der Waals surface area contributed by atoms with E-state index >= 15 is 0 Å². The summed E-state index contributed by atoms with van der Waals surface area (Å²) in [5.41, 5.74) is 0. The van der Waals surface area contributed by atoms with Gasteiger partial charge in [0.15, 0.2) is 6.10 Å². The third-order valence-electron chi connectivity index (χ3n) is 12.4. The Morgan fingerprint density at radius 2 is 0.731 bits per heavy atom. The summed E-state index contributed by atoms with van der Waals surface area (Å²) < 4.78 is 34.4. The Kier molecular flexibility index (Phi) is 54.5. The molecule has 0 aromatic heterocycles. The number of esters is 2. The molecule has 0 bridgehead atoms. The number of ether oxygens (including phenoxy) is 2.